The van der Waals surface area contributed by atoms with Gasteiger partial charge in [0, 0.05) is 13.3 Å². The van der Waals surface area contributed by atoms with Gasteiger partial charge in [0.2, 0.25) is 5.78 Å². The highest BCUT2D eigenvalue weighted by atomic mass is 16.5. The number of ketones is 1. The summed E-state index contributed by atoms with van der Waals surface area (Å²) in [5.74, 6) is -2.86. The Bertz CT molecular complexity index is 227. The van der Waals surface area contributed by atoms with Crippen molar-refractivity contribution in [3.05, 3.63) is 0 Å². The number of Topliss-reactive ketones (excluding diaryl/α,β-unsaturated/α-hetero) is 1. The summed E-state index contributed by atoms with van der Waals surface area (Å²) in [6.07, 6.45) is -0.00560. The molecule has 6 nitrogen and oxygen atoms in total. The number of carbonyl (C=O) groups excluding carboxylic acids is 2. The number of esters is 1. The highest BCUT2D eigenvalue weighted by Gasteiger charge is 2.13. The van der Waals surface area contributed by atoms with Crippen molar-refractivity contribution in [3.63, 3.8) is 0 Å². The molecule has 0 aromatic rings. The molecule has 15 heavy (non-hydrogen) atoms. The number of ether oxygens (including phenoxy) is 1. The molecule has 88 valence electrons. The highest BCUT2D eigenvalue weighted by Crippen LogP contribution is 1.90. The lowest BCUT2D eigenvalue weighted by Gasteiger charge is -2.05. The Morgan fingerprint density at radius 2 is 1.80 bits per heavy atom. The van der Waals surface area contributed by atoms with E-state index < -0.39 is 23.8 Å². The zero-order chi connectivity index (χ0) is 12.4. The van der Waals surface area contributed by atoms with Gasteiger partial charge in [-0.25, -0.2) is 4.79 Å². The van der Waals surface area contributed by atoms with E-state index in [9.17, 15) is 14.4 Å². The van der Waals surface area contributed by atoms with Gasteiger partial charge >= 0.3 is 11.9 Å². The molecule has 0 aromatic heterocycles. The van der Waals surface area contributed by atoms with Crippen LogP contribution >= 0.6 is 0 Å². The first-order valence-electron chi connectivity index (χ1n) is 4.61. The van der Waals surface area contributed by atoms with Crippen LogP contribution in [0.4, 0.5) is 0 Å². The summed E-state index contributed by atoms with van der Waals surface area (Å²) in [4.78, 5) is 31.0. The first kappa shape index (κ1) is 16.0. The number of carbonyl (C=O) groups is 3. The van der Waals surface area contributed by atoms with Crippen LogP contribution in [0.2, 0.25) is 0 Å². The van der Waals surface area contributed by atoms with Crippen LogP contribution in [-0.2, 0) is 19.1 Å². The third-order valence-corrected chi connectivity index (χ3v) is 1.27. The zero-order valence-electron chi connectivity index (χ0n) is 9.15. The first-order valence-corrected chi connectivity index (χ1v) is 4.61. The number of rotatable bonds is 5. The van der Waals surface area contributed by atoms with E-state index in [-0.39, 0.29) is 13.0 Å². The molecule has 0 aliphatic heterocycles. The number of carboxylic acids is 1. The van der Waals surface area contributed by atoms with Gasteiger partial charge in [0.1, 0.15) is 6.04 Å². The topological polar surface area (TPSA) is 107 Å². The number of nitrogens with two attached hydrogens (primary N) is 1. The molecule has 0 saturated heterocycles. The number of carboxylic acid groups (broad SMARTS) is 1. The predicted molar refractivity (Wildman–Crippen MR) is 53.2 cm³/mol. The fourth-order valence-electron chi connectivity index (χ4n) is 0.504. The smallest absolute Gasteiger partial charge is 0.374 e. The summed E-state index contributed by atoms with van der Waals surface area (Å²) in [7, 11) is 0. The van der Waals surface area contributed by atoms with E-state index in [1.165, 1.54) is 0 Å². The third kappa shape index (κ3) is 8.89. The lowest BCUT2D eigenvalue weighted by Crippen LogP contribution is -2.32. The molecular formula is C9H17NO5. The third-order valence-electron chi connectivity index (χ3n) is 1.27. The monoisotopic (exact) mass is 219 g/mol. The molecule has 3 N–H and O–H groups in total. The van der Waals surface area contributed by atoms with Gasteiger partial charge in [-0.3, -0.25) is 9.59 Å². The molecule has 0 spiro atoms. The van der Waals surface area contributed by atoms with Gasteiger partial charge < -0.3 is 15.6 Å². The summed E-state index contributed by atoms with van der Waals surface area (Å²) < 4.78 is 4.39. The minimum atomic E-state index is -1.17. The quantitative estimate of drug-likeness (QED) is 0.495. The van der Waals surface area contributed by atoms with Crippen molar-refractivity contribution in [1.29, 1.82) is 0 Å². The van der Waals surface area contributed by atoms with Crippen molar-refractivity contribution in [3.8, 4) is 0 Å². The summed E-state index contributed by atoms with van der Waals surface area (Å²) >= 11 is 0. The summed E-state index contributed by atoms with van der Waals surface area (Å²) in [5.41, 5.74) is 5.10. The van der Waals surface area contributed by atoms with Crippen molar-refractivity contribution in [2.75, 3.05) is 6.61 Å². The Kier molecular flexibility index (Phi) is 9.76. The standard InChI is InChI=1S/C7H11NO5.C2H6/c1-4(9)7(12)13-3-2-5(8)6(10)11;1-2/h5H,2-3,8H2,1H3,(H,10,11);1-2H3. The fourth-order valence-corrected chi connectivity index (χ4v) is 0.504. The van der Waals surface area contributed by atoms with E-state index in [0.29, 0.717) is 0 Å². The maximum Gasteiger partial charge on any atom is 0.374 e. The molecule has 0 fully saturated rings. The minimum absolute atomic E-state index is 0.00560. The Morgan fingerprint density at radius 1 is 1.33 bits per heavy atom. The van der Waals surface area contributed by atoms with Crippen LogP contribution in [0.5, 0.6) is 0 Å². The molecule has 0 amide bonds. The molecule has 6 heteroatoms. The van der Waals surface area contributed by atoms with Crippen LogP contribution in [0.1, 0.15) is 27.2 Å². The first-order chi connectivity index (χ1) is 6.95. The van der Waals surface area contributed by atoms with Gasteiger partial charge in [-0.1, -0.05) is 13.8 Å². The minimum Gasteiger partial charge on any atom is -0.480 e. The van der Waals surface area contributed by atoms with E-state index >= 15 is 0 Å². The van der Waals surface area contributed by atoms with Crippen molar-refractivity contribution in [2.24, 2.45) is 5.73 Å². The predicted octanol–water partition coefficient (Wildman–Crippen LogP) is -0.0532. The van der Waals surface area contributed by atoms with E-state index in [1.807, 2.05) is 13.8 Å². The second-order valence-corrected chi connectivity index (χ2v) is 2.43. The molecule has 0 aliphatic rings. The van der Waals surface area contributed by atoms with Gasteiger partial charge in [0.15, 0.2) is 0 Å². The number of hydrogen-bond acceptors (Lipinski definition) is 5. The lowest BCUT2D eigenvalue weighted by molar-refractivity contribution is -0.153. The van der Waals surface area contributed by atoms with E-state index in [4.69, 9.17) is 10.8 Å². The molecule has 0 heterocycles. The van der Waals surface area contributed by atoms with Crippen LogP contribution in [-0.4, -0.2) is 35.5 Å². The molecule has 0 aliphatic carbocycles. The van der Waals surface area contributed by atoms with E-state index in [2.05, 4.69) is 4.74 Å². The Hall–Kier alpha value is -1.43. The van der Waals surface area contributed by atoms with Crippen LogP contribution in [0, 0.1) is 0 Å². The summed E-state index contributed by atoms with van der Waals surface area (Å²) in [6.45, 7) is 4.91. The Morgan fingerprint density at radius 3 is 2.13 bits per heavy atom. The summed E-state index contributed by atoms with van der Waals surface area (Å²) in [6, 6.07) is -1.07. The molecule has 1 atom stereocenters. The van der Waals surface area contributed by atoms with Crippen molar-refractivity contribution >= 4 is 17.7 Å². The van der Waals surface area contributed by atoms with Gasteiger partial charge in [-0.2, -0.15) is 0 Å². The average Bonchev–Trinajstić information content (AvgIpc) is 2.20. The number of aliphatic carboxylic acids is 1. The molecule has 0 radical (unpaired) electrons. The molecular weight excluding hydrogens is 202 g/mol. The lowest BCUT2D eigenvalue weighted by atomic mass is 10.2. The second kappa shape index (κ2) is 9.14. The highest BCUT2D eigenvalue weighted by molar-refractivity contribution is 6.32. The second-order valence-electron chi connectivity index (χ2n) is 2.43. The van der Waals surface area contributed by atoms with Crippen LogP contribution in [0.25, 0.3) is 0 Å². The Balaban J connectivity index is 0. The van der Waals surface area contributed by atoms with E-state index in [1.54, 1.807) is 0 Å². The van der Waals surface area contributed by atoms with Gasteiger partial charge in [0.05, 0.1) is 6.61 Å². The van der Waals surface area contributed by atoms with E-state index in [0.717, 1.165) is 6.92 Å². The normalized spacial score (nSPS) is 10.7. The van der Waals surface area contributed by atoms with Gasteiger partial charge in [-0.15, -0.1) is 0 Å². The SMILES string of the molecule is CC.CC(=O)C(=O)OCCC(N)C(=O)O. The maximum absolute atomic E-state index is 10.5. The maximum atomic E-state index is 10.5. The van der Waals surface area contributed by atoms with Gasteiger partial charge in [0.25, 0.3) is 0 Å². The molecule has 1 unspecified atom stereocenters. The van der Waals surface area contributed by atoms with Crippen molar-refractivity contribution in [1.82, 2.24) is 0 Å². The van der Waals surface area contributed by atoms with Crippen LogP contribution in [0.15, 0.2) is 0 Å². The number of hydrogen-bond donors (Lipinski definition) is 2. The summed E-state index contributed by atoms with van der Waals surface area (Å²) in [5, 5.41) is 8.32. The molecule has 0 bridgehead atoms. The molecule has 0 saturated carbocycles. The Labute approximate surface area is 88.4 Å². The average molecular weight is 219 g/mol. The fraction of sp³-hybridized carbons (Fsp3) is 0.667. The van der Waals surface area contributed by atoms with Crippen LogP contribution in [0.3, 0.4) is 0 Å². The van der Waals surface area contributed by atoms with Crippen LogP contribution < -0.4 is 5.73 Å². The molecule has 0 aromatic carbocycles. The van der Waals surface area contributed by atoms with Crippen molar-refractivity contribution < 1.29 is 24.2 Å². The molecule has 0 rings (SSSR count). The van der Waals surface area contributed by atoms with Crippen molar-refractivity contribution in [2.45, 2.75) is 33.2 Å². The van der Waals surface area contributed by atoms with Gasteiger partial charge in [-0.05, 0) is 0 Å². The largest absolute Gasteiger partial charge is 0.480 e. The zero-order valence-corrected chi connectivity index (χ0v) is 9.15.